The van der Waals surface area contributed by atoms with Crippen LogP contribution in [0.25, 0.3) is 0 Å². The van der Waals surface area contributed by atoms with Gasteiger partial charge in [-0.05, 0) is 48.2 Å². The molecule has 2 heterocycles. The summed E-state index contributed by atoms with van der Waals surface area (Å²) in [4.78, 5) is 4.03. The Bertz CT molecular complexity index is 527. The topological polar surface area (TPSA) is 37.0 Å². The second kappa shape index (κ2) is 5.47. The molecule has 0 spiro atoms. The lowest BCUT2D eigenvalue weighted by Gasteiger charge is -2.09. The minimum atomic E-state index is -0.184. The second-order valence-corrected chi connectivity index (χ2v) is 4.89. The van der Waals surface area contributed by atoms with Crippen LogP contribution in [0, 0.1) is 5.82 Å². The van der Waals surface area contributed by atoms with Crippen molar-refractivity contribution in [2.45, 2.75) is 24.9 Å². The van der Waals surface area contributed by atoms with E-state index in [0.717, 1.165) is 18.4 Å². The first-order valence-corrected chi connectivity index (χ1v) is 6.47. The van der Waals surface area contributed by atoms with Crippen LogP contribution < -0.4 is 10.9 Å². The minimum Gasteiger partial charge on any atom is -0.265 e. The van der Waals surface area contributed by atoms with Gasteiger partial charge in [0.1, 0.15) is 5.82 Å². The van der Waals surface area contributed by atoms with Crippen molar-refractivity contribution in [3.05, 3.63) is 65.7 Å². The van der Waals surface area contributed by atoms with Gasteiger partial charge < -0.3 is 0 Å². The van der Waals surface area contributed by atoms with Crippen molar-refractivity contribution in [2.24, 2.45) is 0 Å². The number of aromatic nitrogens is 1. The van der Waals surface area contributed by atoms with Crippen LogP contribution in [0.3, 0.4) is 0 Å². The Labute approximate surface area is 111 Å². The molecule has 0 radical (unpaired) electrons. The fraction of sp³-hybridized carbons (Fsp3) is 0.267. The summed E-state index contributed by atoms with van der Waals surface area (Å²) in [6.45, 7) is 0. The van der Waals surface area contributed by atoms with Gasteiger partial charge in [0, 0.05) is 24.5 Å². The molecule has 1 saturated heterocycles. The molecule has 19 heavy (non-hydrogen) atoms. The summed E-state index contributed by atoms with van der Waals surface area (Å²) < 4.78 is 12.8. The van der Waals surface area contributed by atoms with Gasteiger partial charge in [-0.25, -0.2) is 4.39 Å². The number of nitrogens with zero attached hydrogens (tertiary/aromatic N) is 1. The molecular weight excluding hydrogens is 241 g/mol. The molecule has 1 fully saturated rings. The number of rotatable bonds is 3. The van der Waals surface area contributed by atoms with Crippen LogP contribution >= 0.6 is 0 Å². The standard InChI is InChI=1S/C15H16FN3/c16-13-3-1-11(2-4-13)9-14-10-15(19-18-14)12-5-7-17-8-6-12/h1-8,14-15,18-19H,9-10H2. The third kappa shape index (κ3) is 2.97. The van der Waals surface area contributed by atoms with E-state index in [1.165, 1.54) is 17.7 Å². The van der Waals surface area contributed by atoms with Crippen molar-refractivity contribution in [3.63, 3.8) is 0 Å². The summed E-state index contributed by atoms with van der Waals surface area (Å²) in [5.74, 6) is -0.184. The highest BCUT2D eigenvalue weighted by Gasteiger charge is 2.24. The number of hydrazine groups is 1. The van der Waals surface area contributed by atoms with Crippen LogP contribution in [0.2, 0.25) is 0 Å². The lowest BCUT2D eigenvalue weighted by molar-refractivity contribution is 0.539. The Morgan fingerprint density at radius 1 is 1.05 bits per heavy atom. The molecule has 2 unspecified atom stereocenters. The summed E-state index contributed by atoms with van der Waals surface area (Å²) in [5, 5.41) is 0. The zero-order valence-corrected chi connectivity index (χ0v) is 10.5. The summed E-state index contributed by atoms with van der Waals surface area (Å²) >= 11 is 0. The zero-order chi connectivity index (χ0) is 13.1. The Morgan fingerprint density at radius 3 is 2.53 bits per heavy atom. The largest absolute Gasteiger partial charge is 0.265 e. The average molecular weight is 257 g/mol. The van der Waals surface area contributed by atoms with Gasteiger partial charge in [0.05, 0.1) is 0 Å². The molecule has 1 aromatic carbocycles. The molecule has 0 amide bonds. The van der Waals surface area contributed by atoms with Gasteiger partial charge in [0.25, 0.3) is 0 Å². The van der Waals surface area contributed by atoms with Gasteiger partial charge in [-0.3, -0.25) is 15.8 Å². The van der Waals surface area contributed by atoms with Crippen LogP contribution in [0.15, 0.2) is 48.8 Å². The maximum atomic E-state index is 12.8. The molecule has 98 valence electrons. The first-order chi connectivity index (χ1) is 9.31. The van der Waals surface area contributed by atoms with E-state index >= 15 is 0 Å². The highest BCUT2D eigenvalue weighted by Crippen LogP contribution is 2.23. The van der Waals surface area contributed by atoms with Crippen molar-refractivity contribution in [1.29, 1.82) is 0 Å². The quantitative estimate of drug-likeness (QED) is 0.886. The zero-order valence-electron chi connectivity index (χ0n) is 10.5. The maximum Gasteiger partial charge on any atom is 0.123 e. The highest BCUT2D eigenvalue weighted by molar-refractivity contribution is 5.20. The van der Waals surface area contributed by atoms with Crippen molar-refractivity contribution < 1.29 is 4.39 Å². The molecule has 2 N–H and O–H groups in total. The molecular formula is C15H16FN3. The molecule has 1 aliphatic heterocycles. The molecule has 0 bridgehead atoms. The Balaban J connectivity index is 1.62. The molecule has 0 saturated carbocycles. The van der Waals surface area contributed by atoms with E-state index < -0.39 is 0 Å². The van der Waals surface area contributed by atoms with E-state index in [9.17, 15) is 4.39 Å². The lowest BCUT2D eigenvalue weighted by atomic mass is 9.98. The number of benzene rings is 1. The number of nitrogens with one attached hydrogen (secondary N) is 2. The molecule has 2 atom stereocenters. The average Bonchev–Trinajstić information content (AvgIpc) is 2.91. The summed E-state index contributed by atoms with van der Waals surface area (Å²) in [6.07, 6.45) is 5.53. The number of hydrogen-bond acceptors (Lipinski definition) is 3. The van der Waals surface area contributed by atoms with Crippen molar-refractivity contribution in [3.8, 4) is 0 Å². The van der Waals surface area contributed by atoms with Crippen molar-refractivity contribution in [1.82, 2.24) is 15.8 Å². The summed E-state index contributed by atoms with van der Waals surface area (Å²) in [6, 6.07) is 11.4. The second-order valence-electron chi connectivity index (χ2n) is 4.89. The Kier molecular flexibility index (Phi) is 3.53. The van der Waals surface area contributed by atoms with Crippen molar-refractivity contribution >= 4 is 0 Å². The van der Waals surface area contributed by atoms with Gasteiger partial charge >= 0.3 is 0 Å². The number of pyridine rings is 1. The summed E-state index contributed by atoms with van der Waals surface area (Å²) in [7, 11) is 0. The number of halogens is 1. The maximum absolute atomic E-state index is 12.8. The van der Waals surface area contributed by atoms with Gasteiger partial charge in [-0.15, -0.1) is 0 Å². The van der Waals surface area contributed by atoms with E-state index in [2.05, 4.69) is 15.8 Å². The molecule has 0 aliphatic carbocycles. The molecule has 4 heteroatoms. The molecule has 3 nitrogen and oxygen atoms in total. The normalized spacial score (nSPS) is 22.6. The van der Waals surface area contributed by atoms with Gasteiger partial charge in [-0.2, -0.15) is 0 Å². The van der Waals surface area contributed by atoms with Crippen LogP contribution in [0.1, 0.15) is 23.6 Å². The molecule has 1 aromatic heterocycles. The Morgan fingerprint density at radius 2 is 1.79 bits per heavy atom. The SMILES string of the molecule is Fc1ccc(CC2CC(c3ccncc3)NN2)cc1. The molecule has 1 aliphatic rings. The molecule has 2 aromatic rings. The van der Waals surface area contributed by atoms with Gasteiger partial charge in [-0.1, -0.05) is 12.1 Å². The van der Waals surface area contributed by atoms with E-state index in [-0.39, 0.29) is 5.82 Å². The van der Waals surface area contributed by atoms with Crippen LogP contribution in [-0.2, 0) is 6.42 Å². The van der Waals surface area contributed by atoms with E-state index in [0.29, 0.717) is 12.1 Å². The predicted molar refractivity (Wildman–Crippen MR) is 71.8 cm³/mol. The number of hydrogen-bond donors (Lipinski definition) is 2. The van der Waals surface area contributed by atoms with Gasteiger partial charge in [0.15, 0.2) is 0 Å². The minimum absolute atomic E-state index is 0.184. The van der Waals surface area contributed by atoms with Gasteiger partial charge in [0.2, 0.25) is 0 Å². The first kappa shape index (κ1) is 12.3. The summed E-state index contributed by atoms with van der Waals surface area (Å²) in [5.41, 5.74) is 9.00. The molecule has 3 rings (SSSR count). The van der Waals surface area contributed by atoms with Crippen LogP contribution in [-0.4, -0.2) is 11.0 Å². The van der Waals surface area contributed by atoms with E-state index in [4.69, 9.17) is 0 Å². The highest BCUT2D eigenvalue weighted by atomic mass is 19.1. The van der Waals surface area contributed by atoms with E-state index in [1.54, 1.807) is 0 Å². The fourth-order valence-corrected chi connectivity index (χ4v) is 2.48. The monoisotopic (exact) mass is 257 g/mol. The Hall–Kier alpha value is -1.78. The van der Waals surface area contributed by atoms with E-state index in [1.807, 2.05) is 36.7 Å². The first-order valence-electron chi connectivity index (χ1n) is 6.47. The fourth-order valence-electron chi connectivity index (χ4n) is 2.48. The smallest absolute Gasteiger partial charge is 0.123 e. The predicted octanol–water partition coefficient (Wildman–Crippen LogP) is 2.37. The van der Waals surface area contributed by atoms with Crippen LogP contribution in [0.4, 0.5) is 4.39 Å². The third-order valence-electron chi connectivity index (χ3n) is 3.49. The van der Waals surface area contributed by atoms with Crippen molar-refractivity contribution in [2.75, 3.05) is 0 Å². The lowest BCUT2D eigenvalue weighted by Crippen LogP contribution is -2.32. The third-order valence-corrected chi connectivity index (χ3v) is 3.49. The van der Waals surface area contributed by atoms with Crippen LogP contribution in [0.5, 0.6) is 0 Å².